The van der Waals surface area contributed by atoms with Crippen molar-refractivity contribution in [3.05, 3.63) is 0 Å². The maximum absolute atomic E-state index is 12.9. The van der Waals surface area contributed by atoms with Crippen molar-refractivity contribution >= 4 is 23.9 Å². The molecule has 0 aromatic carbocycles. The monoisotopic (exact) mass is 423 g/mol. The first-order chi connectivity index (χ1) is 14.1. The summed E-state index contributed by atoms with van der Waals surface area (Å²) in [5.74, 6) is -1.85. The summed E-state index contributed by atoms with van der Waals surface area (Å²) in [5.41, 5.74) is -0.355. The molecule has 0 aromatic rings. The van der Waals surface area contributed by atoms with Gasteiger partial charge in [0.05, 0.1) is 5.92 Å². The van der Waals surface area contributed by atoms with Crippen molar-refractivity contribution in [3.8, 4) is 0 Å². The van der Waals surface area contributed by atoms with Crippen LogP contribution in [0.3, 0.4) is 0 Å². The lowest BCUT2D eigenvalue weighted by molar-refractivity contribution is -0.167. The summed E-state index contributed by atoms with van der Waals surface area (Å²) in [6.07, 6.45) is 2.35. The van der Waals surface area contributed by atoms with Crippen molar-refractivity contribution < 1.29 is 24.3 Å². The molecule has 0 spiro atoms. The summed E-state index contributed by atoms with van der Waals surface area (Å²) in [4.78, 5) is 53.7. The highest BCUT2D eigenvalue weighted by Gasteiger charge is 2.56. The number of β-lactam (4-membered cyclic amide) rings is 1. The molecule has 10 heteroatoms. The van der Waals surface area contributed by atoms with E-state index in [9.17, 15) is 24.3 Å². The van der Waals surface area contributed by atoms with E-state index in [4.69, 9.17) is 0 Å². The standard InChI is InChI=1S/C20H33N5O5/c1-20(2,3)22-18(29)23-8-10-24(11-9-23)19(30)25-15(17(27)28)14(16(25)26)12-13-4-6-21-7-5-13/h13-15,21H,4-12H2,1-3H3,(H,22,29)(H,27,28)/t14-,15+/m1/s1. The van der Waals surface area contributed by atoms with Crippen molar-refractivity contribution in [1.82, 2.24) is 25.3 Å². The Morgan fingerprint density at radius 2 is 1.63 bits per heavy atom. The SMILES string of the molecule is CC(C)(C)NC(=O)N1CCN(C(=O)N2C(=O)[C@H](CC3CCNCC3)[C@H]2C(=O)O)CC1. The molecule has 5 amide bonds. The Labute approximate surface area is 176 Å². The number of hydrogen-bond donors (Lipinski definition) is 3. The number of carboxylic acids is 1. The summed E-state index contributed by atoms with van der Waals surface area (Å²) >= 11 is 0. The van der Waals surface area contributed by atoms with Gasteiger partial charge in [0.2, 0.25) is 5.91 Å². The second-order valence-electron chi connectivity index (χ2n) is 9.46. The fraction of sp³-hybridized carbons (Fsp3) is 0.800. The van der Waals surface area contributed by atoms with Gasteiger partial charge in [-0.2, -0.15) is 0 Å². The number of rotatable bonds is 3. The minimum Gasteiger partial charge on any atom is -0.480 e. The minimum atomic E-state index is -1.13. The topological polar surface area (TPSA) is 122 Å². The van der Waals surface area contributed by atoms with Crippen molar-refractivity contribution in [2.75, 3.05) is 39.3 Å². The maximum Gasteiger partial charge on any atom is 0.327 e. The number of hydrogen-bond acceptors (Lipinski definition) is 5. The van der Waals surface area contributed by atoms with E-state index in [1.807, 2.05) is 20.8 Å². The van der Waals surface area contributed by atoms with E-state index in [0.29, 0.717) is 25.4 Å². The molecule has 0 bridgehead atoms. The van der Waals surface area contributed by atoms with Crippen molar-refractivity contribution in [3.63, 3.8) is 0 Å². The Kier molecular flexibility index (Phi) is 6.54. The van der Waals surface area contributed by atoms with Gasteiger partial charge in [-0.15, -0.1) is 0 Å². The van der Waals surface area contributed by atoms with E-state index in [1.165, 1.54) is 4.90 Å². The Balaban J connectivity index is 1.56. The van der Waals surface area contributed by atoms with Crippen LogP contribution in [-0.4, -0.2) is 94.6 Å². The molecule has 10 nitrogen and oxygen atoms in total. The lowest BCUT2D eigenvalue weighted by Crippen LogP contribution is -2.70. The van der Waals surface area contributed by atoms with Crippen LogP contribution >= 0.6 is 0 Å². The molecule has 0 aliphatic carbocycles. The number of amides is 5. The molecule has 3 saturated heterocycles. The van der Waals surface area contributed by atoms with Gasteiger partial charge in [0.1, 0.15) is 0 Å². The van der Waals surface area contributed by atoms with Crippen LogP contribution in [0.2, 0.25) is 0 Å². The third-order valence-electron chi connectivity index (χ3n) is 6.04. The highest BCUT2D eigenvalue weighted by Crippen LogP contribution is 2.35. The largest absolute Gasteiger partial charge is 0.480 e. The van der Waals surface area contributed by atoms with Crippen LogP contribution in [0.25, 0.3) is 0 Å². The summed E-state index contributed by atoms with van der Waals surface area (Å²) < 4.78 is 0. The van der Waals surface area contributed by atoms with Crippen LogP contribution in [0.15, 0.2) is 0 Å². The van der Waals surface area contributed by atoms with Crippen molar-refractivity contribution in [2.45, 2.75) is 51.6 Å². The number of piperazine rings is 1. The van der Waals surface area contributed by atoms with Gasteiger partial charge in [0.25, 0.3) is 0 Å². The fourth-order valence-electron chi connectivity index (χ4n) is 4.40. The second-order valence-corrected chi connectivity index (χ2v) is 9.46. The third kappa shape index (κ3) is 4.85. The summed E-state index contributed by atoms with van der Waals surface area (Å²) in [6.45, 7) is 8.65. The van der Waals surface area contributed by atoms with E-state index < -0.39 is 24.0 Å². The highest BCUT2D eigenvalue weighted by molar-refractivity contribution is 6.07. The molecule has 3 fully saturated rings. The average Bonchev–Trinajstić information content (AvgIpc) is 2.69. The quantitative estimate of drug-likeness (QED) is 0.570. The number of nitrogens with one attached hydrogen (secondary N) is 2. The average molecular weight is 424 g/mol. The van der Waals surface area contributed by atoms with E-state index in [1.54, 1.807) is 4.90 Å². The van der Waals surface area contributed by atoms with Crippen LogP contribution in [0.1, 0.15) is 40.0 Å². The zero-order chi connectivity index (χ0) is 22.1. The first-order valence-corrected chi connectivity index (χ1v) is 10.7. The van der Waals surface area contributed by atoms with Crippen LogP contribution < -0.4 is 10.6 Å². The van der Waals surface area contributed by atoms with Gasteiger partial charge in [-0.1, -0.05) is 0 Å². The first-order valence-electron chi connectivity index (χ1n) is 10.7. The molecule has 2 atom stereocenters. The van der Waals surface area contributed by atoms with Gasteiger partial charge in [0, 0.05) is 31.7 Å². The number of urea groups is 2. The highest BCUT2D eigenvalue weighted by atomic mass is 16.4. The van der Waals surface area contributed by atoms with Gasteiger partial charge in [-0.25, -0.2) is 19.3 Å². The smallest absolute Gasteiger partial charge is 0.327 e. The minimum absolute atomic E-state index is 0.194. The zero-order valence-electron chi connectivity index (χ0n) is 18.0. The Hall–Kier alpha value is -2.36. The first kappa shape index (κ1) is 22.3. The van der Waals surface area contributed by atoms with Crippen molar-refractivity contribution in [2.24, 2.45) is 11.8 Å². The number of carboxylic acid groups (broad SMARTS) is 1. The summed E-state index contributed by atoms with van der Waals surface area (Å²) in [7, 11) is 0. The number of imide groups is 1. The zero-order valence-corrected chi connectivity index (χ0v) is 18.0. The molecule has 3 aliphatic heterocycles. The molecule has 168 valence electrons. The van der Waals surface area contributed by atoms with E-state index in [-0.39, 0.29) is 30.6 Å². The van der Waals surface area contributed by atoms with E-state index in [0.717, 1.165) is 30.8 Å². The predicted molar refractivity (Wildman–Crippen MR) is 109 cm³/mol. The van der Waals surface area contributed by atoms with Crippen molar-refractivity contribution in [1.29, 1.82) is 0 Å². The number of nitrogens with zero attached hydrogens (tertiary/aromatic N) is 3. The molecule has 3 aliphatic rings. The van der Waals surface area contributed by atoms with Gasteiger partial charge in [-0.05, 0) is 59.0 Å². The predicted octanol–water partition coefficient (Wildman–Crippen LogP) is 0.533. The lowest BCUT2D eigenvalue weighted by Gasteiger charge is -2.47. The van der Waals surface area contributed by atoms with Crippen LogP contribution in [0.5, 0.6) is 0 Å². The van der Waals surface area contributed by atoms with Crippen LogP contribution in [-0.2, 0) is 9.59 Å². The molecule has 30 heavy (non-hydrogen) atoms. The number of likely N-dealkylation sites (tertiary alicyclic amines) is 1. The summed E-state index contributed by atoms with van der Waals surface area (Å²) in [6, 6.07) is -1.85. The summed E-state index contributed by atoms with van der Waals surface area (Å²) in [5, 5.41) is 15.8. The molecular formula is C20H33N5O5. The number of aliphatic carboxylic acids is 1. The van der Waals surface area contributed by atoms with Crippen LogP contribution in [0.4, 0.5) is 9.59 Å². The molecule has 3 heterocycles. The Morgan fingerprint density at radius 3 is 2.17 bits per heavy atom. The molecule has 0 saturated carbocycles. The van der Waals surface area contributed by atoms with Gasteiger partial charge in [-0.3, -0.25) is 4.79 Å². The number of carbonyl (C=O) groups is 4. The van der Waals surface area contributed by atoms with Gasteiger partial charge < -0.3 is 25.5 Å². The molecule has 0 radical (unpaired) electrons. The second kappa shape index (κ2) is 8.79. The molecular weight excluding hydrogens is 390 g/mol. The van der Waals surface area contributed by atoms with Crippen LogP contribution in [0, 0.1) is 11.8 Å². The third-order valence-corrected chi connectivity index (χ3v) is 6.04. The number of piperidine rings is 1. The van der Waals surface area contributed by atoms with E-state index in [2.05, 4.69) is 10.6 Å². The van der Waals surface area contributed by atoms with Gasteiger partial charge in [0.15, 0.2) is 6.04 Å². The maximum atomic E-state index is 12.9. The number of carbonyl (C=O) groups excluding carboxylic acids is 3. The molecule has 3 rings (SSSR count). The lowest BCUT2D eigenvalue weighted by atomic mass is 9.78. The fourth-order valence-corrected chi connectivity index (χ4v) is 4.40. The molecule has 3 N–H and O–H groups in total. The van der Waals surface area contributed by atoms with Gasteiger partial charge >= 0.3 is 18.0 Å². The Morgan fingerprint density at radius 1 is 1.07 bits per heavy atom. The normalized spacial score (nSPS) is 25.7. The molecule has 0 aromatic heterocycles. The Bertz CT molecular complexity index is 692. The van der Waals surface area contributed by atoms with E-state index >= 15 is 0 Å². The molecule has 0 unspecified atom stereocenters.